The number of nitrogen functional groups attached to an aromatic ring is 1. The number of nitrogens with zero attached hydrogens (tertiary/aromatic N) is 4. The summed E-state index contributed by atoms with van der Waals surface area (Å²) in [6, 6.07) is 0.253. The van der Waals surface area contributed by atoms with Gasteiger partial charge in [-0.3, -0.25) is 4.79 Å². The lowest BCUT2D eigenvalue weighted by atomic mass is 10.0. The van der Waals surface area contributed by atoms with Crippen molar-refractivity contribution >= 4 is 23.0 Å². The number of anilines is 1. The van der Waals surface area contributed by atoms with Crippen molar-refractivity contribution in [3.63, 3.8) is 0 Å². The molecular weight excluding hydrogens is 246 g/mol. The summed E-state index contributed by atoms with van der Waals surface area (Å²) < 4.78 is 2.00. The Morgan fingerprint density at radius 3 is 3.05 bits per heavy atom. The van der Waals surface area contributed by atoms with E-state index in [2.05, 4.69) is 15.0 Å². The van der Waals surface area contributed by atoms with Gasteiger partial charge in [0, 0.05) is 12.5 Å². The highest BCUT2D eigenvalue weighted by molar-refractivity contribution is 5.81. The van der Waals surface area contributed by atoms with E-state index >= 15 is 0 Å². The Kier molecular flexibility index (Phi) is 2.81. The number of carboxylic acid groups (broad SMARTS) is 1. The van der Waals surface area contributed by atoms with Crippen LogP contribution in [0.3, 0.4) is 0 Å². The Hall–Kier alpha value is -2.18. The number of imidazole rings is 1. The predicted molar refractivity (Wildman–Crippen MR) is 68.4 cm³/mol. The monoisotopic (exact) mass is 261 g/mol. The molecule has 19 heavy (non-hydrogen) atoms. The summed E-state index contributed by atoms with van der Waals surface area (Å²) in [6.45, 7) is 0. The molecule has 2 heterocycles. The number of carbonyl (C=O) groups is 1. The fraction of sp³-hybridized carbons (Fsp3) is 0.500. The molecule has 7 nitrogen and oxygen atoms in total. The molecule has 0 amide bonds. The molecular formula is C12H15N5O2. The maximum absolute atomic E-state index is 10.7. The Bertz CT molecular complexity index is 624. The Labute approximate surface area is 109 Å². The summed E-state index contributed by atoms with van der Waals surface area (Å²) in [4.78, 5) is 23.1. The molecule has 100 valence electrons. The quantitative estimate of drug-likeness (QED) is 0.860. The van der Waals surface area contributed by atoms with Crippen LogP contribution in [-0.2, 0) is 4.79 Å². The molecule has 3 N–H and O–H groups in total. The Morgan fingerprint density at radius 2 is 2.26 bits per heavy atom. The summed E-state index contributed by atoms with van der Waals surface area (Å²) >= 11 is 0. The number of aromatic nitrogens is 4. The largest absolute Gasteiger partial charge is 0.481 e. The molecule has 0 aliphatic heterocycles. The summed E-state index contributed by atoms with van der Waals surface area (Å²) in [6.07, 6.45) is 6.12. The topological polar surface area (TPSA) is 107 Å². The molecule has 1 aliphatic rings. The second kappa shape index (κ2) is 4.49. The first-order valence-corrected chi connectivity index (χ1v) is 6.30. The van der Waals surface area contributed by atoms with E-state index in [0.717, 1.165) is 24.9 Å². The summed E-state index contributed by atoms with van der Waals surface area (Å²) in [7, 11) is 0. The van der Waals surface area contributed by atoms with E-state index in [1.54, 1.807) is 6.33 Å². The Balaban J connectivity index is 1.86. The van der Waals surface area contributed by atoms with Gasteiger partial charge in [-0.05, 0) is 25.2 Å². The van der Waals surface area contributed by atoms with Crippen molar-refractivity contribution in [3.05, 3.63) is 12.7 Å². The zero-order valence-corrected chi connectivity index (χ0v) is 10.4. The van der Waals surface area contributed by atoms with Crippen molar-refractivity contribution in [3.8, 4) is 0 Å². The smallest absolute Gasteiger partial charge is 0.303 e. The third kappa shape index (κ3) is 2.11. The molecule has 7 heteroatoms. The first kappa shape index (κ1) is 11.9. The van der Waals surface area contributed by atoms with Crippen LogP contribution in [0.4, 0.5) is 5.82 Å². The third-order valence-electron chi connectivity index (χ3n) is 3.76. The van der Waals surface area contributed by atoms with Crippen LogP contribution in [0.25, 0.3) is 11.2 Å². The molecule has 0 bridgehead atoms. The average molecular weight is 261 g/mol. The first-order chi connectivity index (χ1) is 9.15. The van der Waals surface area contributed by atoms with Gasteiger partial charge in [-0.15, -0.1) is 0 Å². The number of rotatable bonds is 3. The van der Waals surface area contributed by atoms with E-state index in [1.165, 1.54) is 6.33 Å². The van der Waals surface area contributed by atoms with Gasteiger partial charge in [0.05, 0.1) is 6.33 Å². The fourth-order valence-electron chi connectivity index (χ4n) is 2.87. The highest BCUT2D eigenvalue weighted by Crippen LogP contribution is 2.37. The molecule has 0 spiro atoms. The van der Waals surface area contributed by atoms with E-state index in [4.69, 9.17) is 10.8 Å². The number of aliphatic carboxylic acids is 1. The molecule has 1 saturated carbocycles. The second-order valence-electron chi connectivity index (χ2n) is 5.01. The van der Waals surface area contributed by atoms with Crippen molar-refractivity contribution in [1.82, 2.24) is 19.5 Å². The van der Waals surface area contributed by atoms with Gasteiger partial charge < -0.3 is 15.4 Å². The lowest BCUT2D eigenvalue weighted by Gasteiger charge is -2.12. The number of nitrogens with two attached hydrogens (primary N) is 1. The van der Waals surface area contributed by atoms with Crippen LogP contribution in [0, 0.1) is 5.92 Å². The van der Waals surface area contributed by atoms with E-state index in [9.17, 15) is 4.79 Å². The maximum Gasteiger partial charge on any atom is 0.303 e. The highest BCUT2D eigenvalue weighted by atomic mass is 16.4. The van der Waals surface area contributed by atoms with Gasteiger partial charge in [0.25, 0.3) is 0 Å². The molecule has 0 unspecified atom stereocenters. The SMILES string of the molecule is Nc1ncnc2c1ncn2[C@H]1CC[C@H](CC(=O)O)C1. The molecule has 0 radical (unpaired) electrons. The van der Waals surface area contributed by atoms with Gasteiger partial charge >= 0.3 is 5.97 Å². The molecule has 2 aromatic heterocycles. The van der Waals surface area contributed by atoms with E-state index in [0.29, 0.717) is 11.3 Å². The van der Waals surface area contributed by atoms with Gasteiger partial charge in [-0.2, -0.15) is 0 Å². The summed E-state index contributed by atoms with van der Waals surface area (Å²) in [5.41, 5.74) is 7.10. The van der Waals surface area contributed by atoms with Crippen LogP contribution in [0.5, 0.6) is 0 Å². The minimum absolute atomic E-state index is 0.235. The third-order valence-corrected chi connectivity index (χ3v) is 3.76. The first-order valence-electron chi connectivity index (χ1n) is 6.30. The Morgan fingerprint density at radius 1 is 1.42 bits per heavy atom. The zero-order valence-electron chi connectivity index (χ0n) is 10.4. The molecule has 0 aromatic carbocycles. The van der Waals surface area contributed by atoms with E-state index in [-0.39, 0.29) is 18.4 Å². The molecule has 1 fully saturated rings. The summed E-state index contributed by atoms with van der Waals surface area (Å²) in [5, 5.41) is 8.84. The standard InChI is InChI=1S/C12H15N5O2/c13-11-10-12(15-5-14-11)17(6-16-10)8-2-1-7(3-8)4-9(18)19/h5-8H,1-4H2,(H,18,19)(H2,13,14,15)/t7-,8-/m0/s1. The van der Waals surface area contributed by atoms with Crippen LogP contribution >= 0.6 is 0 Å². The average Bonchev–Trinajstić information content (AvgIpc) is 2.95. The maximum atomic E-state index is 10.7. The van der Waals surface area contributed by atoms with Crippen molar-refractivity contribution in [2.75, 3.05) is 5.73 Å². The number of carboxylic acids is 1. The number of fused-ring (bicyclic) bond motifs is 1. The van der Waals surface area contributed by atoms with E-state index in [1.807, 2.05) is 4.57 Å². The van der Waals surface area contributed by atoms with Crippen LogP contribution in [-0.4, -0.2) is 30.6 Å². The minimum atomic E-state index is -0.729. The number of hydrogen-bond acceptors (Lipinski definition) is 5. The lowest BCUT2D eigenvalue weighted by Crippen LogP contribution is -2.08. The highest BCUT2D eigenvalue weighted by Gasteiger charge is 2.28. The van der Waals surface area contributed by atoms with Gasteiger partial charge in [0.15, 0.2) is 11.5 Å². The molecule has 1 aliphatic carbocycles. The molecule has 3 rings (SSSR count). The van der Waals surface area contributed by atoms with Crippen molar-refractivity contribution in [2.24, 2.45) is 5.92 Å². The van der Waals surface area contributed by atoms with Crippen LogP contribution in [0.15, 0.2) is 12.7 Å². The second-order valence-corrected chi connectivity index (χ2v) is 5.01. The van der Waals surface area contributed by atoms with Crippen LogP contribution in [0.2, 0.25) is 0 Å². The molecule has 2 atom stereocenters. The van der Waals surface area contributed by atoms with Crippen molar-refractivity contribution in [2.45, 2.75) is 31.7 Å². The molecule has 0 saturated heterocycles. The van der Waals surface area contributed by atoms with Crippen molar-refractivity contribution in [1.29, 1.82) is 0 Å². The van der Waals surface area contributed by atoms with Crippen LogP contribution < -0.4 is 5.73 Å². The van der Waals surface area contributed by atoms with Crippen molar-refractivity contribution < 1.29 is 9.90 Å². The van der Waals surface area contributed by atoms with Gasteiger partial charge in [-0.25, -0.2) is 15.0 Å². The predicted octanol–water partition coefficient (Wildman–Crippen LogP) is 1.22. The zero-order chi connectivity index (χ0) is 13.4. The molecule has 2 aromatic rings. The fourth-order valence-corrected chi connectivity index (χ4v) is 2.87. The lowest BCUT2D eigenvalue weighted by molar-refractivity contribution is -0.138. The van der Waals surface area contributed by atoms with Crippen LogP contribution in [0.1, 0.15) is 31.7 Å². The normalized spacial score (nSPS) is 22.9. The minimum Gasteiger partial charge on any atom is -0.481 e. The van der Waals surface area contributed by atoms with Gasteiger partial charge in [0.2, 0.25) is 0 Å². The van der Waals surface area contributed by atoms with Gasteiger partial charge in [-0.1, -0.05) is 0 Å². The van der Waals surface area contributed by atoms with E-state index < -0.39 is 5.97 Å². The van der Waals surface area contributed by atoms with Gasteiger partial charge in [0.1, 0.15) is 11.8 Å². The summed E-state index contributed by atoms with van der Waals surface area (Å²) in [5.74, 6) is -0.115. The number of hydrogen-bond donors (Lipinski definition) is 2.